The average molecular weight is 421 g/mol. The Balaban J connectivity index is 1.67. The maximum atomic E-state index is 12.7. The third kappa shape index (κ3) is 5.19. The zero-order chi connectivity index (χ0) is 22.5. The molecule has 0 radical (unpaired) electrons. The number of benzene rings is 2. The number of nitrogens with zero attached hydrogens (tertiary/aromatic N) is 4. The molecule has 160 valence electrons. The molecule has 2 aromatic rings. The summed E-state index contributed by atoms with van der Waals surface area (Å²) in [5.41, 5.74) is 3.27. The number of imide groups is 1. The monoisotopic (exact) mass is 421 g/mol. The van der Waals surface area contributed by atoms with Crippen LogP contribution in [-0.2, 0) is 14.4 Å². The number of ether oxygens (including phenoxy) is 1. The van der Waals surface area contributed by atoms with Gasteiger partial charge in [-0.3, -0.25) is 14.4 Å². The lowest BCUT2D eigenvalue weighted by Crippen LogP contribution is -2.36. The Labute approximate surface area is 179 Å². The second-order valence-corrected chi connectivity index (χ2v) is 7.17. The van der Waals surface area contributed by atoms with Gasteiger partial charge in [0, 0.05) is 5.69 Å². The summed E-state index contributed by atoms with van der Waals surface area (Å²) in [6.07, 6.45) is -0.522. The standard InChI is InChI=1S/C22H23N5O4/c1-13-6-5-7-16(10-13)23-19(28)12-20(29)27-22(30)21(15(3)26-27)25-24-17-11-14(2)8-9-18(17)31-4/h5-11,21H,12H2,1-4H3,(H,23,28)/t21-/m0/s1. The zero-order valence-electron chi connectivity index (χ0n) is 17.7. The molecule has 0 fully saturated rings. The highest BCUT2D eigenvalue weighted by Crippen LogP contribution is 2.29. The number of nitrogens with one attached hydrogen (secondary N) is 1. The van der Waals surface area contributed by atoms with E-state index in [0.717, 1.165) is 11.1 Å². The molecule has 31 heavy (non-hydrogen) atoms. The van der Waals surface area contributed by atoms with Gasteiger partial charge in [-0.15, -0.1) is 0 Å². The molecule has 1 aliphatic heterocycles. The van der Waals surface area contributed by atoms with Crippen molar-refractivity contribution in [3.8, 4) is 5.75 Å². The highest BCUT2D eigenvalue weighted by molar-refractivity contribution is 6.18. The summed E-state index contributed by atoms with van der Waals surface area (Å²) in [5.74, 6) is -1.41. The van der Waals surface area contributed by atoms with E-state index in [4.69, 9.17) is 4.74 Å². The molecule has 0 aromatic heterocycles. The molecule has 1 atom stereocenters. The van der Waals surface area contributed by atoms with Crippen molar-refractivity contribution in [1.29, 1.82) is 0 Å². The molecule has 0 unspecified atom stereocenters. The smallest absolute Gasteiger partial charge is 0.282 e. The van der Waals surface area contributed by atoms with E-state index in [9.17, 15) is 14.4 Å². The van der Waals surface area contributed by atoms with Crippen molar-refractivity contribution in [2.45, 2.75) is 33.2 Å². The second-order valence-electron chi connectivity index (χ2n) is 7.17. The van der Waals surface area contributed by atoms with E-state index in [0.29, 0.717) is 27.8 Å². The van der Waals surface area contributed by atoms with E-state index in [-0.39, 0.29) is 0 Å². The number of carbonyl (C=O) groups is 3. The fraction of sp³-hybridized carbons (Fsp3) is 0.273. The first-order chi connectivity index (χ1) is 14.8. The normalized spacial score (nSPS) is 15.9. The largest absolute Gasteiger partial charge is 0.494 e. The number of azo groups is 1. The number of anilines is 1. The zero-order valence-corrected chi connectivity index (χ0v) is 17.7. The first kappa shape index (κ1) is 21.8. The van der Waals surface area contributed by atoms with Crippen LogP contribution in [0, 0.1) is 13.8 Å². The summed E-state index contributed by atoms with van der Waals surface area (Å²) in [6, 6.07) is 11.5. The topological polar surface area (TPSA) is 113 Å². The van der Waals surface area contributed by atoms with Crippen molar-refractivity contribution in [2.75, 3.05) is 12.4 Å². The lowest BCUT2D eigenvalue weighted by Gasteiger charge is -2.11. The van der Waals surface area contributed by atoms with Crippen LogP contribution in [0.25, 0.3) is 0 Å². The Bertz CT molecular complexity index is 1090. The van der Waals surface area contributed by atoms with Gasteiger partial charge in [0.15, 0.2) is 6.04 Å². The van der Waals surface area contributed by atoms with Crippen LogP contribution in [0.5, 0.6) is 5.75 Å². The molecular formula is C22H23N5O4. The first-order valence-electron chi connectivity index (χ1n) is 9.62. The number of rotatable bonds is 6. The fourth-order valence-corrected chi connectivity index (χ4v) is 3.01. The van der Waals surface area contributed by atoms with Gasteiger partial charge in [0.2, 0.25) is 5.91 Å². The third-order valence-corrected chi connectivity index (χ3v) is 4.56. The number of methoxy groups -OCH3 is 1. The molecule has 9 heteroatoms. The number of aryl methyl sites for hydroxylation is 2. The predicted octanol–water partition coefficient (Wildman–Crippen LogP) is 3.54. The molecule has 0 spiro atoms. The molecule has 1 heterocycles. The minimum atomic E-state index is -1.03. The molecule has 0 bridgehead atoms. The summed E-state index contributed by atoms with van der Waals surface area (Å²) in [5, 5.41) is 15.5. The van der Waals surface area contributed by atoms with Gasteiger partial charge in [-0.05, 0) is 56.2 Å². The molecule has 0 aliphatic carbocycles. The third-order valence-electron chi connectivity index (χ3n) is 4.56. The maximum Gasteiger partial charge on any atom is 0.282 e. The quantitative estimate of drug-likeness (QED) is 0.568. The number of hydrazone groups is 1. The Morgan fingerprint density at radius 2 is 1.87 bits per heavy atom. The molecule has 1 aliphatic rings. The maximum absolute atomic E-state index is 12.7. The van der Waals surface area contributed by atoms with Crippen molar-refractivity contribution in [3.63, 3.8) is 0 Å². The van der Waals surface area contributed by atoms with Crippen molar-refractivity contribution in [2.24, 2.45) is 15.3 Å². The highest BCUT2D eigenvalue weighted by atomic mass is 16.5. The van der Waals surface area contributed by atoms with Crippen LogP contribution in [0.15, 0.2) is 57.8 Å². The molecule has 0 saturated carbocycles. The summed E-state index contributed by atoms with van der Waals surface area (Å²) >= 11 is 0. The van der Waals surface area contributed by atoms with Gasteiger partial charge < -0.3 is 10.1 Å². The van der Waals surface area contributed by atoms with Crippen LogP contribution < -0.4 is 10.1 Å². The average Bonchev–Trinajstić information content (AvgIpc) is 3.00. The number of hydrogen-bond acceptors (Lipinski definition) is 7. The van der Waals surface area contributed by atoms with Crippen LogP contribution in [0.2, 0.25) is 0 Å². The SMILES string of the molecule is COc1ccc(C)cc1N=N[C@@H]1C(=O)N(C(=O)CC(=O)Nc2cccc(C)c2)N=C1C. The number of carbonyl (C=O) groups excluding carboxylic acids is 3. The van der Waals surface area contributed by atoms with Gasteiger partial charge in [0.05, 0.1) is 12.8 Å². The predicted molar refractivity (Wildman–Crippen MR) is 115 cm³/mol. The van der Waals surface area contributed by atoms with Gasteiger partial charge >= 0.3 is 0 Å². The van der Waals surface area contributed by atoms with Gasteiger partial charge in [0.25, 0.3) is 11.8 Å². The van der Waals surface area contributed by atoms with E-state index in [1.54, 1.807) is 37.3 Å². The Morgan fingerprint density at radius 1 is 1.13 bits per heavy atom. The van der Waals surface area contributed by atoms with Crippen LogP contribution in [-0.4, -0.2) is 41.6 Å². The van der Waals surface area contributed by atoms with E-state index in [1.807, 2.05) is 26.0 Å². The Hall–Kier alpha value is -3.88. The van der Waals surface area contributed by atoms with Crippen LogP contribution in [0.4, 0.5) is 11.4 Å². The number of hydrogen-bond donors (Lipinski definition) is 1. The van der Waals surface area contributed by atoms with Crippen LogP contribution >= 0.6 is 0 Å². The van der Waals surface area contributed by atoms with E-state index < -0.39 is 30.2 Å². The highest BCUT2D eigenvalue weighted by Gasteiger charge is 2.38. The van der Waals surface area contributed by atoms with Gasteiger partial charge in [0.1, 0.15) is 17.9 Å². The van der Waals surface area contributed by atoms with Crippen LogP contribution in [0.3, 0.4) is 0 Å². The Morgan fingerprint density at radius 3 is 2.58 bits per heavy atom. The lowest BCUT2D eigenvalue weighted by molar-refractivity contribution is -0.144. The van der Waals surface area contributed by atoms with Crippen molar-refractivity contribution in [3.05, 3.63) is 53.6 Å². The van der Waals surface area contributed by atoms with Crippen molar-refractivity contribution < 1.29 is 19.1 Å². The van der Waals surface area contributed by atoms with Gasteiger partial charge in [-0.1, -0.05) is 18.2 Å². The Kier molecular flexibility index (Phi) is 6.54. The first-order valence-corrected chi connectivity index (χ1v) is 9.62. The van der Waals surface area contributed by atoms with E-state index in [1.165, 1.54) is 7.11 Å². The fourth-order valence-electron chi connectivity index (χ4n) is 3.01. The summed E-state index contributed by atoms with van der Waals surface area (Å²) in [7, 11) is 1.51. The summed E-state index contributed by atoms with van der Waals surface area (Å²) in [6.45, 7) is 5.37. The molecule has 1 N–H and O–H groups in total. The minimum Gasteiger partial charge on any atom is -0.494 e. The molecule has 3 rings (SSSR count). The van der Waals surface area contributed by atoms with E-state index in [2.05, 4.69) is 20.6 Å². The van der Waals surface area contributed by atoms with Gasteiger partial charge in [-0.25, -0.2) is 0 Å². The summed E-state index contributed by atoms with van der Waals surface area (Å²) in [4.78, 5) is 37.3. The molecular weight excluding hydrogens is 398 g/mol. The minimum absolute atomic E-state index is 0.313. The second kappa shape index (κ2) is 9.29. The molecule has 2 aromatic carbocycles. The lowest BCUT2D eigenvalue weighted by atomic mass is 10.2. The number of amides is 3. The molecule has 3 amide bonds. The van der Waals surface area contributed by atoms with Crippen LogP contribution in [0.1, 0.15) is 24.5 Å². The summed E-state index contributed by atoms with van der Waals surface area (Å²) < 4.78 is 5.25. The molecule has 0 saturated heterocycles. The van der Waals surface area contributed by atoms with Gasteiger partial charge in [-0.2, -0.15) is 20.3 Å². The van der Waals surface area contributed by atoms with E-state index >= 15 is 0 Å². The van der Waals surface area contributed by atoms with Crippen molar-refractivity contribution >= 4 is 34.8 Å². The van der Waals surface area contributed by atoms with Crippen molar-refractivity contribution in [1.82, 2.24) is 5.01 Å². The molecule has 9 nitrogen and oxygen atoms in total.